The molecule has 1 aliphatic carbocycles. The Morgan fingerprint density at radius 1 is 1.30 bits per heavy atom. The molecule has 27 heavy (non-hydrogen) atoms. The fraction of sp³-hybridized carbons (Fsp3) is 0.550. The maximum absolute atomic E-state index is 12.6. The molecule has 0 radical (unpaired) electrons. The van der Waals surface area contributed by atoms with Crippen molar-refractivity contribution in [3.05, 3.63) is 51.3 Å². The topological polar surface area (TPSA) is 63.6 Å². The van der Waals surface area contributed by atoms with Gasteiger partial charge in [0.15, 0.2) is 0 Å². The fourth-order valence-corrected chi connectivity index (χ4v) is 4.94. The fourth-order valence-electron chi connectivity index (χ4n) is 3.85. The minimum Gasteiger partial charge on any atom is -0.468 e. The van der Waals surface area contributed by atoms with Crippen LogP contribution in [0.5, 0.6) is 0 Å². The Hall–Kier alpha value is -1.99. The molecule has 144 valence electrons. The molecular formula is C20H26N4O2S. The molecule has 3 heterocycles. The van der Waals surface area contributed by atoms with Crippen LogP contribution in [0.4, 0.5) is 0 Å². The van der Waals surface area contributed by atoms with Gasteiger partial charge in [0.1, 0.15) is 10.8 Å². The van der Waals surface area contributed by atoms with Gasteiger partial charge >= 0.3 is 0 Å². The van der Waals surface area contributed by atoms with Gasteiger partial charge in [0.25, 0.3) is 5.56 Å². The Balaban J connectivity index is 1.56. The average Bonchev–Trinajstić information content (AvgIpc) is 3.32. The predicted molar refractivity (Wildman–Crippen MR) is 106 cm³/mol. The summed E-state index contributed by atoms with van der Waals surface area (Å²) in [5, 5.41) is 5.65. The van der Waals surface area contributed by atoms with E-state index >= 15 is 0 Å². The van der Waals surface area contributed by atoms with Crippen molar-refractivity contribution in [3.63, 3.8) is 0 Å². The quantitative estimate of drug-likeness (QED) is 0.609. The minimum atomic E-state index is -0.0808. The third-order valence-electron chi connectivity index (χ3n) is 5.15. The van der Waals surface area contributed by atoms with Crippen molar-refractivity contribution in [1.29, 1.82) is 0 Å². The second-order valence-electron chi connectivity index (χ2n) is 7.35. The largest absolute Gasteiger partial charge is 0.468 e. The monoisotopic (exact) mass is 386 g/mol. The normalized spacial score (nSPS) is 15.8. The first kappa shape index (κ1) is 18.4. The lowest BCUT2D eigenvalue weighted by atomic mass is 9.90. The number of nitrogens with zero attached hydrogens (tertiary/aromatic N) is 4. The van der Waals surface area contributed by atoms with E-state index in [1.165, 1.54) is 36.6 Å². The van der Waals surface area contributed by atoms with Gasteiger partial charge in [-0.15, -0.1) is 0 Å². The van der Waals surface area contributed by atoms with E-state index in [0.717, 1.165) is 36.0 Å². The van der Waals surface area contributed by atoms with Crippen LogP contribution in [0.15, 0.2) is 33.7 Å². The highest BCUT2D eigenvalue weighted by molar-refractivity contribution is 7.16. The molecule has 0 atom stereocenters. The molecule has 0 spiro atoms. The molecule has 0 N–H and O–H groups in total. The van der Waals surface area contributed by atoms with Crippen LogP contribution >= 0.6 is 11.3 Å². The van der Waals surface area contributed by atoms with Crippen LogP contribution < -0.4 is 5.56 Å². The molecule has 4 rings (SSSR count). The zero-order valence-corrected chi connectivity index (χ0v) is 16.6. The third-order valence-corrected chi connectivity index (χ3v) is 6.22. The SMILES string of the molecule is CCCN(Cc1cc(=O)n2nc(C3CCCCC3)sc2n1)Cc1ccco1. The Morgan fingerprint density at radius 2 is 2.15 bits per heavy atom. The zero-order valence-electron chi connectivity index (χ0n) is 15.8. The van der Waals surface area contributed by atoms with Crippen molar-refractivity contribution >= 4 is 16.3 Å². The third kappa shape index (κ3) is 4.30. The van der Waals surface area contributed by atoms with Crippen LogP contribution in [0.2, 0.25) is 0 Å². The molecule has 0 saturated heterocycles. The lowest BCUT2D eigenvalue weighted by molar-refractivity contribution is 0.233. The maximum Gasteiger partial charge on any atom is 0.275 e. The summed E-state index contributed by atoms with van der Waals surface area (Å²) in [4.78, 5) is 20.3. The van der Waals surface area contributed by atoms with Crippen LogP contribution in [0.1, 0.15) is 67.8 Å². The molecule has 0 bridgehead atoms. The van der Waals surface area contributed by atoms with Crippen molar-refractivity contribution in [3.8, 4) is 0 Å². The van der Waals surface area contributed by atoms with Crippen molar-refractivity contribution in [2.75, 3.05) is 6.54 Å². The summed E-state index contributed by atoms with van der Waals surface area (Å²) in [6, 6.07) is 5.51. The predicted octanol–water partition coefficient (Wildman–Crippen LogP) is 4.20. The van der Waals surface area contributed by atoms with Crippen LogP contribution in [0.3, 0.4) is 0 Å². The van der Waals surface area contributed by atoms with E-state index in [1.54, 1.807) is 23.7 Å². The molecular weight excluding hydrogens is 360 g/mol. The van der Waals surface area contributed by atoms with Gasteiger partial charge in [0, 0.05) is 18.5 Å². The molecule has 1 saturated carbocycles. The highest BCUT2D eigenvalue weighted by atomic mass is 32.1. The van der Waals surface area contributed by atoms with E-state index in [0.29, 0.717) is 17.4 Å². The Bertz CT molecular complexity index is 925. The lowest BCUT2D eigenvalue weighted by Gasteiger charge is -2.19. The molecule has 7 heteroatoms. The Kier molecular flexibility index (Phi) is 5.69. The molecule has 0 unspecified atom stereocenters. The summed E-state index contributed by atoms with van der Waals surface area (Å²) >= 11 is 1.58. The smallest absolute Gasteiger partial charge is 0.275 e. The van der Waals surface area contributed by atoms with Crippen molar-refractivity contribution in [1.82, 2.24) is 19.5 Å². The Labute approximate surface area is 162 Å². The second kappa shape index (κ2) is 8.35. The second-order valence-corrected chi connectivity index (χ2v) is 8.33. The van der Waals surface area contributed by atoms with E-state index in [1.807, 2.05) is 12.1 Å². The first-order chi connectivity index (χ1) is 13.2. The van der Waals surface area contributed by atoms with Crippen molar-refractivity contribution in [2.24, 2.45) is 0 Å². The van der Waals surface area contributed by atoms with Gasteiger partial charge in [-0.1, -0.05) is 37.5 Å². The number of furan rings is 1. The van der Waals surface area contributed by atoms with Crippen molar-refractivity contribution < 1.29 is 4.42 Å². The Morgan fingerprint density at radius 3 is 2.89 bits per heavy atom. The lowest BCUT2D eigenvalue weighted by Crippen LogP contribution is -2.25. The summed E-state index contributed by atoms with van der Waals surface area (Å²) < 4.78 is 6.96. The first-order valence-electron chi connectivity index (χ1n) is 9.87. The number of hydrogen-bond acceptors (Lipinski definition) is 6. The van der Waals surface area contributed by atoms with Gasteiger partial charge in [-0.05, 0) is 37.9 Å². The van der Waals surface area contributed by atoms with Gasteiger partial charge < -0.3 is 4.42 Å². The number of rotatable bonds is 7. The average molecular weight is 387 g/mol. The van der Waals surface area contributed by atoms with Gasteiger partial charge in [0.05, 0.1) is 18.5 Å². The van der Waals surface area contributed by atoms with E-state index in [-0.39, 0.29) is 5.56 Å². The summed E-state index contributed by atoms with van der Waals surface area (Å²) in [7, 11) is 0. The van der Waals surface area contributed by atoms with E-state index in [2.05, 4.69) is 16.9 Å². The summed E-state index contributed by atoms with van der Waals surface area (Å²) in [6.45, 7) is 4.44. The molecule has 3 aromatic rings. The van der Waals surface area contributed by atoms with Crippen LogP contribution in [-0.4, -0.2) is 26.0 Å². The highest BCUT2D eigenvalue weighted by Crippen LogP contribution is 2.34. The molecule has 1 aliphatic rings. The molecule has 0 amide bonds. The van der Waals surface area contributed by atoms with Crippen molar-refractivity contribution in [2.45, 2.75) is 64.5 Å². The highest BCUT2D eigenvalue weighted by Gasteiger charge is 2.21. The summed E-state index contributed by atoms with van der Waals surface area (Å²) in [5.74, 6) is 1.42. The van der Waals surface area contributed by atoms with Crippen LogP contribution in [0.25, 0.3) is 4.96 Å². The standard InChI is InChI=1S/C20H26N4O2S/c1-2-10-23(14-17-9-6-11-26-17)13-16-12-18(25)24-20(21-16)27-19(22-24)15-7-4-3-5-8-15/h6,9,11-12,15H,2-5,7-8,10,13-14H2,1H3. The van der Waals surface area contributed by atoms with Gasteiger partial charge in [0.2, 0.25) is 4.96 Å². The molecule has 0 aliphatic heterocycles. The molecule has 6 nitrogen and oxygen atoms in total. The summed E-state index contributed by atoms with van der Waals surface area (Å²) in [6.07, 6.45) is 8.91. The van der Waals surface area contributed by atoms with Crippen LogP contribution in [0, 0.1) is 0 Å². The molecule has 1 fully saturated rings. The van der Waals surface area contributed by atoms with E-state index in [4.69, 9.17) is 9.40 Å². The van der Waals surface area contributed by atoms with Gasteiger partial charge in [-0.3, -0.25) is 9.69 Å². The number of fused-ring (bicyclic) bond motifs is 1. The van der Waals surface area contributed by atoms with Gasteiger partial charge in [-0.25, -0.2) is 4.98 Å². The first-order valence-corrected chi connectivity index (χ1v) is 10.7. The number of hydrogen-bond donors (Lipinski definition) is 0. The van der Waals surface area contributed by atoms with Gasteiger partial charge in [-0.2, -0.15) is 9.61 Å². The zero-order chi connectivity index (χ0) is 18.6. The number of aromatic nitrogens is 3. The minimum absolute atomic E-state index is 0.0808. The summed E-state index contributed by atoms with van der Waals surface area (Å²) in [5.41, 5.74) is 0.724. The molecule has 0 aromatic carbocycles. The van der Waals surface area contributed by atoms with Crippen LogP contribution in [-0.2, 0) is 13.1 Å². The van der Waals surface area contributed by atoms with E-state index < -0.39 is 0 Å². The molecule has 3 aromatic heterocycles. The maximum atomic E-state index is 12.6. The van der Waals surface area contributed by atoms with E-state index in [9.17, 15) is 4.79 Å².